The summed E-state index contributed by atoms with van der Waals surface area (Å²) in [6.45, 7) is 8.95. The Morgan fingerprint density at radius 1 is 1.11 bits per heavy atom. The van der Waals surface area contributed by atoms with Gasteiger partial charge in [-0.2, -0.15) is 15.0 Å². The van der Waals surface area contributed by atoms with Crippen molar-refractivity contribution in [3.05, 3.63) is 36.0 Å². The zero-order valence-corrected chi connectivity index (χ0v) is 21.6. The monoisotopic (exact) mass is 508 g/mol. The highest BCUT2D eigenvalue weighted by atomic mass is 32.2. The van der Waals surface area contributed by atoms with Crippen LogP contribution in [-0.4, -0.2) is 63.6 Å². The van der Waals surface area contributed by atoms with Crippen LogP contribution in [-0.2, 0) is 4.79 Å². The number of piperazine rings is 1. The summed E-state index contributed by atoms with van der Waals surface area (Å²) >= 11 is 1.46. The molecule has 10 nitrogen and oxygen atoms in total. The predicted molar refractivity (Wildman–Crippen MR) is 140 cm³/mol. The number of nitrogens with zero attached hydrogens (tertiary/aromatic N) is 6. The first-order chi connectivity index (χ1) is 17.6. The maximum Gasteiger partial charge on any atom is 0.235 e. The van der Waals surface area contributed by atoms with Gasteiger partial charge in [-0.15, -0.1) is 0 Å². The molecule has 1 aliphatic carbocycles. The standard InChI is InChI=1S/C25H32N8O2S/c1-3-4-11-32-12-14-33(15-13-32)24-28-23(27-21-16-17(2)31-35-21)29-25(30-24)36-20-9-7-19(8-10-20)26-22(34)18-5-6-18/h7-10,16,18H,3-6,11-15H2,1-2H3,(H,26,34)(H,27,28,29,30). The van der Waals surface area contributed by atoms with E-state index >= 15 is 0 Å². The number of hydrogen-bond donors (Lipinski definition) is 2. The number of hydrogen-bond acceptors (Lipinski definition) is 10. The summed E-state index contributed by atoms with van der Waals surface area (Å²) in [5.74, 6) is 1.83. The number of rotatable bonds is 10. The fourth-order valence-corrected chi connectivity index (χ4v) is 4.72. The quantitative estimate of drug-likeness (QED) is 0.410. The van der Waals surface area contributed by atoms with E-state index in [4.69, 9.17) is 9.51 Å². The zero-order valence-electron chi connectivity index (χ0n) is 20.7. The van der Waals surface area contributed by atoms with Crippen LogP contribution in [0.3, 0.4) is 0 Å². The largest absolute Gasteiger partial charge is 0.338 e. The number of carbonyl (C=O) groups is 1. The minimum Gasteiger partial charge on any atom is -0.338 e. The van der Waals surface area contributed by atoms with Crippen LogP contribution in [0.1, 0.15) is 38.3 Å². The van der Waals surface area contributed by atoms with Crippen LogP contribution in [0, 0.1) is 12.8 Å². The van der Waals surface area contributed by atoms with Crippen LogP contribution >= 0.6 is 11.8 Å². The molecular formula is C25H32N8O2S. The lowest BCUT2D eigenvalue weighted by Gasteiger charge is -2.34. The summed E-state index contributed by atoms with van der Waals surface area (Å²) < 4.78 is 5.31. The van der Waals surface area contributed by atoms with Gasteiger partial charge in [0.15, 0.2) is 5.16 Å². The van der Waals surface area contributed by atoms with Gasteiger partial charge in [-0.05, 0) is 68.8 Å². The number of aryl methyl sites for hydroxylation is 1. The molecule has 2 aliphatic rings. The van der Waals surface area contributed by atoms with Crippen molar-refractivity contribution in [2.75, 3.05) is 48.3 Å². The van der Waals surface area contributed by atoms with Gasteiger partial charge in [0, 0.05) is 48.7 Å². The van der Waals surface area contributed by atoms with Crippen LogP contribution in [0.4, 0.5) is 23.5 Å². The molecule has 5 rings (SSSR count). The molecule has 0 unspecified atom stereocenters. The highest BCUT2D eigenvalue weighted by Gasteiger charge is 2.29. The Kier molecular flexibility index (Phi) is 7.66. The average molecular weight is 509 g/mol. The van der Waals surface area contributed by atoms with Gasteiger partial charge >= 0.3 is 0 Å². The second kappa shape index (κ2) is 11.3. The highest BCUT2D eigenvalue weighted by Crippen LogP contribution is 2.31. The molecule has 11 heteroatoms. The van der Waals surface area contributed by atoms with Crippen molar-refractivity contribution >= 4 is 41.1 Å². The van der Waals surface area contributed by atoms with Crippen molar-refractivity contribution in [2.45, 2.75) is 49.6 Å². The minimum atomic E-state index is 0.102. The molecule has 0 atom stereocenters. The minimum absolute atomic E-state index is 0.102. The first-order valence-electron chi connectivity index (χ1n) is 12.6. The van der Waals surface area contributed by atoms with Crippen molar-refractivity contribution in [3.8, 4) is 0 Å². The molecule has 3 aromatic rings. The maximum atomic E-state index is 12.0. The molecule has 3 heterocycles. The van der Waals surface area contributed by atoms with Gasteiger partial charge in [-0.1, -0.05) is 18.5 Å². The van der Waals surface area contributed by atoms with Crippen molar-refractivity contribution < 1.29 is 9.32 Å². The third-order valence-corrected chi connectivity index (χ3v) is 7.10. The third-order valence-electron chi connectivity index (χ3n) is 6.23. The Hall–Kier alpha value is -3.18. The van der Waals surface area contributed by atoms with Crippen molar-refractivity contribution in [1.29, 1.82) is 0 Å². The van der Waals surface area contributed by atoms with Gasteiger partial charge in [-0.25, -0.2) is 0 Å². The van der Waals surface area contributed by atoms with Gasteiger partial charge in [-0.3, -0.25) is 15.0 Å². The summed E-state index contributed by atoms with van der Waals surface area (Å²) in [7, 11) is 0. The van der Waals surface area contributed by atoms with Crippen molar-refractivity contribution in [3.63, 3.8) is 0 Å². The molecule has 1 amide bonds. The molecular weight excluding hydrogens is 476 g/mol. The van der Waals surface area contributed by atoms with Gasteiger partial charge < -0.3 is 14.7 Å². The van der Waals surface area contributed by atoms with Gasteiger partial charge in [0.25, 0.3) is 0 Å². The van der Waals surface area contributed by atoms with Crippen LogP contribution in [0.5, 0.6) is 0 Å². The molecule has 2 aromatic heterocycles. The summed E-state index contributed by atoms with van der Waals surface area (Å²) in [5, 5.41) is 10.6. The van der Waals surface area contributed by atoms with E-state index in [2.05, 4.69) is 42.5 Å². The summed E-state index contributed by atoms with van der Waals surface area (Å²) in [6.07, 6.45) is 4.40. The molecule has 1 saturated heterocycles. The maximum absolute atomic E-state index is 12.0. The van der Waals surface area contributed by atoms with E-state index in [0.29, 0.717) is 22.9 Å². The molecule has 2 N–H and O–H groups in total. The number of nitrogens with one attached hydrogen (secondary N) is 2. The Morgan fingerprint density at radius 2 is 1.89 bits per heavy atom. The number of benzene rings is 1. The summed E-state index contributed by atoms with van der Waals surface area (Å²) in [4.78, 5) is 31.8. The second-order valence-electron chi connectivity index (χ2n) is 9.27. The molecule has 2 fully saturated rings. The normalized spacial score (nSPS) is 16.2. The number of unbranched alkanes of at least 4 members (excludes halogenated alkanes) is 1. The molecule has 1 aromatic carbocycles. The SMILES string of the molecule is CCCCN1CCN(c2nc(Nc3cc(C)no3)nc(Sc3ccc(NC(=O)C4CC4)cc3)n2)CC1. The van der Waals surface area contributed by atoms with Crippen LogP contribution in [0.2, 0.25) is 0 Å². The fourth-order valence-electron chi connectivity index (χ4n) is 3.98. The van der Waals surface area contributed by atoms with Crippen molar-refractivity contribution in [1.82, 2.24) is 25.0 Å². The average Bonchev–Trinajstić information content (AvgIpc) is 3.66. The van der Waals surface area contributed by atoms with E-state index in [1.54, 1.807) is 6.07 Å². The van der Waals surface area contributed by atoms with Gasteiger partial charge in [0.1, 0.15) is 0 Å². The molecule has 0 radical (unpaired) electrons. The van der Waals surface area contributed by atoms with Gasteiger partial charge in [0.2, 0.25) is 23.7 Å². The smallest absolute Gasteiger partial charge is 0.235 e. The lowest BCUT2D eigenvalue weighted by Crippen LogP contribution is -2.47. The molecule has 0 spiro atoms. The molecule has 1 aliphatic heterocycles. The van der Waals surface area contributed by atoms with Crippen molar-refractivity contribution in [2.24, 2.45) is 5.92 Å². The number of anilines is 4. The summed E-state index contributed by atoms with van der Waals surface area (Å²) in [6, 6.07) is 9.57. The predicted octanol–water partition coefficient (Wildman–Crippen LogP) is 4.33. The van der Waals surface area contributed by atoms with Crippen LogP contribution in [0.25, 0.3) is 0 Å². The van der Waals surface area contributed by atoms with E-state index < -0.39 is 0 Å². The first-order valence-corrected chi connectivity index (χ1v) is 13.4. The second-order valence-corrected chi connectivity index (χ2v) is 10.3. The lowest BCUT2D eigenvalue weighted by molar-refractivity contribution is -0.117. The molecule has 1 saturated carbocycles. The Labute approximate surface area is 215 Å². The lowest BCUT2D eigenvalue weighted by atomic mass is 10.2. The van der Waals surface area contributed by atoms with Crippen LogP contribution < -0.4 is 15.5 Å². The highest BCUT2D eigenvalue weighted by molar-refractivity contribution is 7.99. The Balaban J connectivity index is 1.31. The van der Waals surface area contributed by atoms with Crippen LogP contribution in [0.15, 0.2) is 44.9 Å². The topological polar surface area (TPSA) is 112 Å². The van der Waals surface area contributed by atoms with E-state index in [1.165, 1.54) is 24.6 Å². The van der Waals surface area contributed by atoms with E-state index in [1.807, 2.05) is 31.2 Å². The third kappa shape index (κ3) is 6.52. The van der Waals surface area contributed by atoms with E-state index in [0.717, 1.165) is 61.8 Å². The van der Waals surface area contributed by atoms with E-state index in [9.17, 15) is 4.79 Å². The summed E-state index contributed by atoms with van der Waals surface area (Å²) in [5.41, 5.74) is 1.58. The van der Waals surface area contributed by atoms with Gasteiger partial charge in [0.05, 0.1) is 5.69 Å². The number of aromatic nitrogens is 4. The zero-order chi connectivity index (χ0) is 24.9. The van der Waals surface area contributed by atoms with E-state index in [-0.39, 0.29) is 11.8 Å². The molecule has 0 bridgehead atoms. The number of carbonyl (C=O) groups excluding carboxylic acids is 1. The first kappa shape index (κ1) is 24.5. The Bertz CT molecular complexity index is 1170. The number of amides is 1. The fraction of sp³-hybridized carbons (Fsp3) is 0.480. The molecule has 36 heavy (non-hydrogen) atoms. The molecule has 190 valence electrons. The Morgan fingerprint density at radius 3 is 2.56 bits per heavy atom.